The van der Waals surface area contributed by atoms with Gasteiger partial charge in [-0.15, -0.1) is 0 Å². The summed E-state index contributed by atoms with van der Waals surface area (Å²) >= 11 is 0. The van der Waals surface area contributed by atoms with Gasteiger partial charge in [-0.25, -0.2) is 4.98 Å². The highest BCUT2D eigenvalue weighted by atomic mass is 16.6. The summed E-state index contributed by atoms with van der Waals surface area (Å²) in [6.45, 7) is 6.66. The Morgan fingerprint density at radius 2 is 2.29 bits per heavy atom. The van der Waals surface area contributed by atoms with E-state index in [1.54, 1.807) is 0 Å². The van der Waals surface area contributed by atoms with Crippen molar-refractivity contribution in [2.24, 2.45) is 0 Å². The molecule has 1 aromatic heterocycles. The van der Waals surface area contributed by atoms with Crippen molar-refractivity contribution in [2.75, 3.05) is 12.3 Å². The number of aryl methyl sites for hydroxylation is 1. The van der Waals surface area contributed by atoms with Crippen LogP contribution in [-0.2, 0) is 4.74 Å². The lowest BCUT2D eigenvalue weighted by Gasteiger charge is -2.19. The van der Waals surface area contributed by atoms with E-state index in [-0.39, 0.29) is 11.7 Å². The van der Waals surface area contributed by atoms with Crippen LogP contribution in [0.2, 0.25) is 0 Å². The first-order valence-corrected chi connectivity index (χ1v) is 6.00. The van der Waals surface area contributed by atoms with Crippen LogP contribution in [0, 0.1) is 6.92 Å². The SMILES string of the molecule is Cc1ccc(OCC2CCC(C)(C)O2)c(N)n1. The van der Waals surface area contributed by atoms with Crippen LogP contribution in [0.3, 0.4) is 0 Å². The molecule has 1 aliphatic rings. The molecule has 0 aliphatic carbocycles. The van der Waals surface area contributed by atoms with Crippen LogP contribution in [0.5, 0.6) is 5.75 Å². The van der Waals surface area contributed by atoms with Gasteiger partial charge in [-0.2, -0.15) is 0 Å². The molecule has 0 amide bonds. The van der Waals surface area contributed by atoms with E-state index in [1.807, 2.05) is 19.1 Å². The molecule has 1 saturated heterocycles. The molecule has 17 heavy (non-hydrogen) atoms. The fourth-order valence-corrected chi connectivity index (χ4v) is 2.06. The summed E-state index contributed by atoms with van der Waals surface area (Å²) in [7, 11) is 0. The minimum absolute atomic E-state index is 0.0227. The summed E-state index contributed by atoms with van der Waals surface area (Å²) in [6, 6.07) is 3.75. The van der Waals surface area contributed by atoms with E-state index >= 15 is 0 Å². The second-order valence-electron chi connectivity index (χ2n) is 5.19. The number of nitrogen functional groups attached to an aromatic ring is 1. The highest BCUT2D eigenvalue weighted by Crippen LogP contribution is 2.30. The van der Waals surface area contributed by atoms with E-state index in [0.29, 0.717) is 18.2 Å². The minimum Gasteiger partial charge on any atom is -0.487 e. The van der Waals surface area contributed by atoms with Gasteiger partial charge in [0, 0.05) is 5.69 Å². The molecule has 1 atom stereocenters. The van der Waals surface area contributed by atoms with Crippen LogP contribution >= 0.6 is 0 Å². The third-order valence-corrected chi connectivity index (χ3v) is 3.00. The topological polar surface area (TPSA) is 57.4 Å². The summed E-state index contributed by atoms with van der Waals surface area (Å²) in [4.78, 5) is 4.16. The summed E-state index contributed by atoms with van der Waals surface area (Å²) in [5.74, 6) is 1.09. The molecule has 4 heteroatoms. The van der Waals surface area contributed by atoms with E-state index in [9.17, 15) is 0 Å². The Morgan fingerprint density at radius 3 is 2.88 bits per heavy atom. The largest absolute Gasteiger partial charge is 0.487 e. The van der Waals surface area contributed by atoms with Crippen molar-refractivity contribution in [1.29, 1.82) is 0 Å². The number of pyridine rings is 1. The molecule has 2 rings (SSSR count). The second-order valence-corrected chi connectivity index (χ2v) is 5.19. The molecule has 1 aliphatic heterocycles. The lowest BCUT2D eigenvalue weighted by atomic mass is 10.1. The number of rotatable bonds is 3. The van der Waals surface area contributed by atoms with Gasteiger partial charge in [0.2, 0.25) is 0 Å². The van der Waals surface area contributed by atoms with Crippen molar-refractivity contribution in [3.8, 4) is 5.75 Å². The molecule has 1 fully saturated rings. The molecule has 1 aromatic rings. The molecule has 2 N–H and O–H groups in total. The number of anilines is 1. The van der Waals surface area contributed by atoms with Gasteiger partial charge in [-0.05, 0) is 45.7 Å². The summed E-state index contributed by atoms with van der Waals surface area (Å²) in [5.41, 5.74) is 6.66. The quantitative estimate of drug-likeness (QED) is 0.875. The number of aromatic nitrogens is 1. The normalized spacial score (nSPS) is 22.6. The summed E-state index contributed by atoms with van der Waals surface area (Å²) < 4.78 is 11.5. The van der Waals surface area contributed by atoms with Gasteiger partial charge in [0.1, 0.15) is 6.61 Å². The lowest BCUT2D eigenvalue weighted by Crippen LogP contribution is -2.24. The Balaban J connectivity index is 1.90. The van der Waals surface area contributed by atoms with E-state index < -0.39 is 0 Å². The van der Waals surface area contributed by atoms with Crippen molar-refractivity contribution in [2.45, 2.75) is 45.3 Å². The maximum atomic E-state index is 5.85. The number of nitrogens with two attached hydrogens (primary N) is 1. The zero-order valence-corrected chi connectivity index (χ0v) is 10.7. The predicted octanol–water partition coefficient (Wildman–Crippen LogP) is 2.31. The highest BCUT2D eigenvalue weighted by Gasteiger charge is 2.31. The van der Waals surface area contributed by atoms with E-state index in [0.717, 1.165) is 18.5 Å². The molecule has 0 spiro atoms. The molecule has 2 heterocycles. The molecule has 0 radical (unpaired) electrons. The number of hydrogen-bond donors (Lipinski definition) is 1. The first-order chi connectivity index (χ1) is 7.96. The van der Waals surface area contributed by atoms with Gasteiger partial charge in [0.25, 0.3) is 0 Å². The van der Waals surface area contributed by atoms with Crippen molar-refractivity contribution in [3.05, 3.63) is 17.8 Å². The van der Waals surface area contributed by atoms with Gasteiger partial charge in [0.15, 0.2) is 11.6 Å². The Hall–Kier alpha value is -1.29. The van der Waals surface area contributed by atoms with Crippen molar-refractivity contribution >= 4 is 5.82 Å². The third kappa shape index (κ3) is 3.09. The standard InChI is InChI=1S/C13H20N2O2/c1-9-4-5-11(12(14)15-9)16-8-10-6-7-13(2,3)17-10/h4-5,10H,6-8H2,1-3H3,(H2,14,15). The van der Waals surface area contributed by atoms with Gasteiger partial charge < -0.3 is 15.2 Å². The van der Waals surface area contributed by atoms with Gasteiger partial charge in [0.05, 0.1) is 11.7 Å². The first-order valence-electron chi connectivity index (χ1n) is 6.00. The zero-order valence-electron chi connectivity index (χ0n) is 10.7. The Kier molecular flexibility index (Phi) is 3.24. The lowest BCUT2D eigenvalue weighted by molar-refractivity contribution is -0.0325. The molecule has 0 bridgehead atoms. The maximum Gasteiger partial charge on any atom is 0.166 e. The van der Waals surface area contributed by atoms with Gasteiger partial charge in [-0.3, -0.25) is 0 Å². The molecule has 0 aromatic carbocycles. The van der Waals surface area contributed by atoms with Crippen LogP contribution < -0.4 is 10.5 Å². The van der Waals surface area contributed by atoms with Crippen LogP contribution in [0.4, 0.5) is 5.82 Å². The van der Waals surface area contributed by atoms with Crippen LogP contribution in [0.15, 0.2) is 12.1 Å². The van der Waals surface area contributed by atoms with Gasteiger partial charge >= 0.3 is 0 Å². The van der Waals surface area contributed by atoms with Crippen LogP contribution in [-0.4, -0.2) is 23.3 Å². The maximum absolute atomic E-state index is 5.85. The van der Waals surface area contributed by atoms with Crippen LogP contribution in [0.1, 0.15) is 32.4 Å². The molecule has 94 valence electrons. The smallest absolute Gasteiger partial charge is 0.166 e. The summed E-state index contributed by atoms with van der Waals surface area (Å²) in [6.07, 6.45) is 2.26. The fraction of sp³-hybridized carbons (Fsp3) is 0.615. The van der Waals surface area contributed by atoms with Crippen molar-refractivity contribution in [1.82, 2.24) is 4.98 Å². The van der Waals surface area contributed by atoms with Crippen molar-refractivity contribution in [3.63, 3.8) is 0 Å². The van der Waals surface area contributed by atoms with E-state index in [2.05, 4.69) is 18.8 Å². The van der Waals surface area contributed by atoms with Gasteiger partial charge in [-0.1, -0.05) is 0 Å². The average molecular weight is 236 g/mol. The zero-order chi connectivity index (χ0) is 12.5. The van der Waals surface area contributed by atoms with Crippen LogP contribution in [0.25, 0.3) is 0 Å². The first kappa shape index (κ1) is 12.2. The molecular weight excluding hydrogens is 216 g/mol. The third-order valence-electron chi connectivity index (χ3n) is 3.00. The fourth-order valence-electron chi connectivity index (χ4n) is 2.06. The second kappa shape index (κ2) is 4.53. The Bertz CT molecular complexity index is 404. The van der Waals surface area contributed by atoms with E-state index in [4.69, 9.17) is 15.2 Å². The Labute approximate surface area is 102 Å². The number of hydrogen-bond acceptors (Lipinski definition) is 4. The predicted molar refractivity (Wildman–Crippen MR) is 67.1 cm³/mol. The Morgan fingerprint density at radius 1 is 1.53 bits per heavy atom. The van der Waals surface area contributed by atoms with Crippen molar-refractivity contribution < 1.29 is 9.47 Å². The monoisotopic (exact) mass is 236 g/mol. The number of ether oxygens (including phenoxy) is 2. The van der Waals surface area contributed by atoms with E-state index in [1.165, 1.54) is 0 Å². The molecule has 1 unspecified atom stereocenters. The highest BCUT2D eigenvalue weighted by molar-refractivity contribution is 5.46. The molecule has 0 saturated carbocycles. The molecular formula is C13H20N2O2. The number of nitrogens with zero attached hydrogens (tertiary/aromatic N) is 1. The average Bonchev–Trinajstić information content (AvgIpc) is 2.57. The molecule has 4 nitrogen and oxygen atoms in total. The summed E-state index contributed by atoms with van der Waals surface area (Å²) in [5, 5.41) is 0. The minimum atomic E-state index is -0.0227.